The van der Waals surface area contributed by atoms with Gasteiger partial charge in [0.1, 0.15) is 0 Å². The van der Waals surface area contributed by atoms with Gasteiger partial charge in [0.2, 0.25) is 0 Å². The second kappa shape index (κ2) is 7.62. The first-order chi connectivity index (χ1) is 12.7. The molecular weight excluding hydrogens is 380 g/mol. The van der Waals surface area contributed by atoms with Crippen LogP contribution in [0.4, 0.5) is 5.13 Å². The number of thiazole rings is 1. The van der Waals surface area contributed by atoms with Crippen LogP contribution in [0.25, 0.3) is 11.3 Å². The van der Waals surface area contributed by atoms with E-state index < -0.39 is 9.84 Å². The number of hydrogen-bond acceptors (Lipinski definition) is 5. The Kier molecular flexibility index (Phi) is 5.43. The Bertz CT molecular complexity index is 1080. The number of carbonyl (C=O) groups is 1. The summed E-state index contributed by atoms with van der Waals surface area (Å²) in [6.45, 7) is 4.00. The molecule has 0 aliphatic rings. The molecule has 140 valence electrons. The van der Waals surface area contributed by atoms with Gasteiger partial charge in [0.25, 0.3) is 5.91 Å². The lowest BCUT2D eigenvalue weighted by Crippen LogP contribution is -2.12. The fourth-order valence-electron chi connectivity index (χ4n) is 2.70. The van der Waals surface area contributed by atoms with Crippen LogP contribution in [0.15, 0.2) is 48.5 Å². The van der Waals surface area contributed by atoms with Crippen molar-refractivity contribution in [2.24, 2.45) is 0 Å². The minimum Gasteiger partial charge on any atom is -0.298 e. The molecule has 0 unspecified atom stereocenters. The first kappa shape index (κ1) is 19.3. The fourth-order valence-corrected chi connectivity index (χ4v) is 4.32. The third kappa shape index (κ3) is 5.02. The van der Waals surface area contributed by atoms with Crippen LogP contribution in [0.2, 0.25) is 0 Å². The van der Waals surface area contributed by atoms with Crippen LogP contribution in [-0.2, 0) is 15.6 Å². The van der Waals surface area contributed by atoms with E-state index in [0.29, 0.717) is 16.3 Å². The van der Waals surface area contributed by atoms with E-state index in [2.05, 4.69) is 10.3 Å². The molecule has 0 spiro atoms. The molecule has 27 heavy (non-hydrogen) atoms. The van der Waals surface area contributed by atoms with Gasteiger partial charge in [0.15, 0.2) is 15.0 Å². The molecule has 5 nitrogen and oxygen atoms in total. The molecule has 7 heteroatoms. The van der Waals surface area contributed by atoms with Crippen LogP contribution in [0.5, 0.6) is 0 Å². The lowest BCUT2D eigenvalue weighted by molar-refractivity contribution is 0.102. The summed E-state index contributed by atoms with van der Waals surface area (Å²) in [6, 6.07) is 14.7. The number of benzene rings is 2. The van der Waals surface area contributed by atoms with Gasteiger partial charge in [-0.1, -0.05) is 42.0 Å². The predicted octanol–water partition coefficient (Wildman–Crippen LogP) is 4.22. The van der Waals surface area contributed by atoms with Crippen molar-refractivity contribution >= 4 is 32.2 Å². The number of sulfone groups is 1. The van der Waals surface area contributed by atoms with Gasteiger partial charge in [-0.05, 0) is 31.5 Å². The number of nitrogens with zero attached hydrogens (tertiary/aromatic N) is 1. The monoisotopic (exact) mass is 400 g/mol. The van der Waals surface area contributed by atoms with Gasteiger partial charge >= 0.3 is 0 Å². The van der Waals surface area contributed by atoms with E-state index in [9.17, 15) is 13.2 Å². The summed E-state index contributed by atoms with van der Waals surface area (Å²) in [5, 5.41) is 3.33. The lowest BCUT2D eigenvalue weighted by atomic mass is 10.1. The van der Waals surface area contributed by atoms with Gasteiger partial charge in [-0.25, -0.2) is 13.4 Å². The highest BCUT2D eigenvalue weighted by atomic mass is 32.2. The van der Waals surface area contributed by atoms with E-state index >= 15 is 0 Å². The normalized spacial score (nSPS) is 11.4. The Morgan fingerprint density at radius 3 is 2.48 bits per heavy atom. The first-order valence-electron chi connectivity index (χ1n) is 8.34. The van der Waals surface area contributed by atoms with Gasteiger partial charge in [-0.15, -0.1) is 11.3 Å². The second-order valence-corrected chi connectivity index (χ2v) is 9.86. The molecule has 0 radical (unpaired) electrons. The molecule has 1 N–H and O–H groups in total. The van der Waals surface area contributed by atoms with Crippen molar-refractivity contribution in [3.63, 3.8) is 0 Å². The maximum Gasteiger partial charge on any atom is 0.257 e. The van der Waals surface area contributed by atoms with Gasteiger partial charge in [0, 0.05) is 22.3 Å². The summed E-state index contributed by atoms with van der Waals surface area (Å²) in [5.41, 5.74) is 4.02. The predicted molar refractivity (Wildman–Crippen MR) is 110 cm³/mol. The average molecular weight is 401 g/mol. The minimum atomic E-state index is -3.16. The van der Waals surface area contributed by atoms with E-state index in [0.717, 1.165) is 16.1 Å². The van der Waals surface area contributed by atoms with Crippen LogP contribution in [-0.4, -0.2) is 25.6 Å². The maximum absolute atomic E-state index is 12.5. The third-order valence-corrected chi connectivity index (χ3v) is 5.70. The van der Waals surface area contributed by atoms with Crippen LogP contribution in [0.1, 0.15) is 26.4 Å². The van der Waals surface area contributed by atoms with E-state index in [1.807, 2.05) is 38.1 Å². The van der Waals surface area contributed by atoms with Crippen LogP contribution in [0, 0.1) is 13.8 Å². The molecule has 0 atom stereocenters. The number of hydrogen-bond donors (Lipinski definition) is 1. The molecular formula is C20H20N2O3S2. The second-order valence-electron chi connectivity index (χ2n) is 6.51. The average Bonchev–Trinajstić information content (AvgIpc) is 2.94. The molecule has 3 rings (SSSR count). The quantitative estimate of drug-likeness (QED) is 0.696. The third-order valence-electron chi connectivity index (χ3n) is 3.96. The molecule has 2 aromatic carbocycles. The van der Waals surface area contributed by atoms with Gasteiger partial charge in [0.05, 0.1) is 11.4 Å². The molecule has 0 bridgehead atoms. The van der Waals surface area contributed by atoms with Gasteiger partial charge in [-0.2, -0.15) is 0 Å². The molecule has 1 amide bonds. The molecule has 0 saturated carbocycles. The van der Waals surface area contributed by atoms with E-state index in [1.165, 1.54) is 23.2 Å². The Morgan fingerprint density at radius 2 is 1.81 bits per heavy atom. The SMILES string of the molecule is Cc1ccc(-c2nc(NC(=O)c3cccc(CS(C)(=O)=O)c3)sc2C)cc1. The molecule has 0 aliphatic carbocycles. The highest BCUT2D eigenvalue weighted by Crippen LogP contribution is 2.30. The number of anilines is 1. The summed E-state index contributed by atoms with van der Waals surface area (Å²) >= 11 is 1.41. The molecule has 0 aliphatic heterocycles. The Hall–Kier alpha value is -2.51. The number of nitrogens with one attached hydrogen (secondary N) is 1. The maximum atomic E-state index is 12.5. The van der Waals surface area contributed by atoms with Crippen molar-refractivity contribution in [1.82, 2.24) is 4.98 Å². The summed E-state index contributed by atoms with van der Waals surface area (Å²) in [5.74, 6) is -0.406. The zero-order chi connectivity index (χ0) is 19.6. The van der Waals surface area contributed by atoms with Crippen molar-refractivity contribution in [1.29, 1.82) is 0 Å². The van der Waals surface area contributed by atoms with Crippen molar-refractivity contribution in [3.05, 3.63) is 70.1 Å². The van der Waals surface area contributed by atoms with Crippen molar-refractivity contribution in [2.75, 3.05) is 11.6 Å². The number of carbonyl (C=O) groups excluding carboxylic acids is 1. The van der Waals surface area contributed by atoms with Gasteiger partial charge < -0.3 is 0 Å². The van der Waals surface area contributed by atoms with E-state index in [-0.39, 0.29) is 11.7 Å². The molecule has 0 saturated heterocycles. The Labute approximate surface area is 163 Å². The van der Waals surface area contributed by atoms with Gasteiger partial charge in [-0.3, -0.25) is 10.1 Å². The van der Waals surface area contributed by atoms with Crippen LogP contribution in [0.3, 0.4) is 0 Å². The molecule has 1 heterocycles. The fraction of sp³-hybridized carbons (Fsp3) is 0.200. The number of aromatic nitrogens is 1. The number of amides is 1. The lowest BCUT2D eigenvalue weighted by Gasteiger charge is -2.04. The largest absolute Gasteiger partial charge is 0.298 e. The van der Waals surface area contributed by atoms with Crippen molar-refractivity contribution in [3.8, 4) is 11.3 Å². The van der Waals surface area contributed by atoms with Crippen molar-refractivity contribution < 1.29 is 13.2 Å². The Morgan fingerprint density at radius 1 is 1.11 bits per heavy atom. The summed E-state index contributed by atoms with van der Waals surface area (Å²) in [4.78, 5) is 18.1. The zero-order valence-corrected chi connectivity index (χ0v) is 16.9. The smallest absolute Gasteiger partial charge is 0.257 e. The first-order valence-corrected chi connectivity index (χ1v) is 11.2. The summed E-state index contributed by atoms with van der Waals surface area (Å²) in [6.07, 6.45) is 1.17. The highest BCUT2D eigenvalue weighted by Gasteiger charge is 2.14. The number of aryl methyl sites for hydroxylation is 2. The van der Waals surface area contributed by atoms with E-state index in [4.69, 9.17) is 0 Å². The number of rotatable bonds is 5. The standard InChI is InChI=1S/C20H20N2O3S2/c1-13-7-9-16(10-8-13)18-14(2)26-20(21-18)22-19(23)17-6-4-5-15(11-17)12-27(3,24)25/h4-11H,12H2,1-3H3,(H,21,22,23). The molecule has 1 aromatic heterocycles. The van der Waals surface area contributed by atoms with Crippen LogP contribution < -0.4 is 5.32 Å². The topological polar surface area (TPSA) is 76.1 Å². The molecule has 3 aromatic rings. The summed E-state index contributed by atoms with van der Waals surface area (Å²) < 4.78 is 22.9. The highest BCUT2D eigenvalue weighted by molar-refractivity contribution is 7.89. The zero-order valence-electron chi connectivity index (χ0n) is 15.3. The minimum absolute atomic E-state index is 0.0952. The molecule has 0 fully saturated rings. The Balaban J connectivity index is 1.80. The summed E-state index contributed by atoms with van der Waals surface area (Å²) in [7, 11) is -3.16. The van der Waals surface area contributed by atoms with Crippen LogP contribution >= 0.6 is 11.3 Å². The van der Waals surface area contributed by atoms with E-state index in [1.54, 1.807) is 24.3 Å². The van der Waals surface area contributed by atoms with Crippen molar-refractivity contribution in [2.45, 2.75) is 19.6 Å².